The van der Waals surface area contributed by atoms with Gasteiger partial charge in [0.15, 0.2) is 11.3 Å². The van der Waals surface area contributed by atoms with Crippen molar-refractivity contribution in [3.05, 3.63) is 46.8 Å². The number of aliphatic hydroxyl groups is 8. The Kier molecular flexibility index (Phi) is 8.77. The van der Waals surface area contributed by atoms with Gasteiger partial charge in [-0.2, -0.15) is 0 Å². The van der Waals surface area contributed by atoms with Crippen LogP contribution in [0.15, 0.2) is 45.8 Å². The smallest absolute Gasteiger partial charge is 0.229 e. The number of phenols is 2. The molecule has 2 aromatic carbocycles. The van der Waals surface area contributed by atoms with Crippen LogP contribution in [-0.4, -0.2) is 126 Å². The van der Waals surface area contributed by atoms with Crippen LogP contribution in [0.1, 0.15) is 0 Å². The van der Waals surface area contributed by atoms with Crippen LogP contribution < -0.4 is 14.9 Å². The Hall–Kier alpha value is -3.55. The molecular weight excluding hydrogens is 580 g/mol. The predicted octanol–water partition coefficient (Wildman–Crippen LogP) is -2.77. The molecule has 10 atom stereocenters. The fourth-order valence-corrected chi connectivity index (χ4v) is 4.86. The number of fused-ring (bicyclic) bond motifs is 1. The highest BCUT2D eigenvalue weighted by atomic mass is 16.7. The van der Waals surface area contributed by atoms with E-state index in [1.807, 2.05) is 0 Å². The largest absolute Gasteiger partial charge is 0.507 e. The van der Waals surface area contributed by atoms with Crippen molar-refractivity contribution in [3.63, 3.8) is 0 Å². The number of phenolic OH excluding ortho intramolecular Hbond substituents is 2. The highest BCUT2D eigenvalue weighted by Gasteiger charge is 2.46. The lowest BCUT2D eigenvalue weighted by atomic mass is 9.99. The third kappa shape index (κ3) is 5.61. The fraction of sp³-hybridized carbons (Fsp3) is 0.444. The molecule has 16 nitrogen and oxygen atoms in total. The highest BCUT2D eigenvalue weighted by Crippen LogP contribution is 2.41. The molecule has 0 radical (unpaired) electrons. The van der Waals surface area contributed by atoms with Gasteiger partial charge in [0.25, 0.3) is 0 Å². The maximum atomic E-state index is 13.4. The molecule has 3 heterocycles. The third-order valence-electron chi connectivity index (χ3n) is 7.31. The first kappa shape index (κ1) is 30.9. The molecule has 2 aliphatic heterocycles. The zero-order valence-corrected chi connectivity index (χ0v) is 22.1. The number of aliphatic hydroxyl groups excluding tert-OH is 8. The molecule has 0 spiro atoms. The van der Waals surface area contributed by atoms with Crippen molar-refractivity contribution < 1.29 is 74.4 Å². The summed E-state index contributed by atoms with van der Waals surface area (Å²) in [7, 11) is 0. The van der Waals surface area contributed by atoms with Crippen LogP contribution in [0, 0.1) is 0 Å². The first-order chi connectivity index (χ1) is 20.5. The van der Waals surface area contributed by atoms with Crippen molar-refractivity contribution in [2.75, 3.05) is 13.2 Å². The summed E-state index contributed by atoms with van der Waals surface area (Å²) in [4.78, 5) is 13.4. The van der Waals surface area contributed by atoms with E-state index in [-0.39, 0.29) is 16.9 Å². The topological polar surface area (TPSA) is 269 Å². The molecule has 0 bridgehead atoms. The molecule has 1 aromatic heterocycles. The predicted molar refractivity (Wildman–Crippen MR) is 140 cm³/mol. The normalized spacial score (nSPS) is 32.9. The molecule has 5 rings (SSSR count). The van der Waals surface area contributed by atoms with Gasteiger partial charge in [0.2, 0.25) is 23.8 Å². The molecule has 0 aliphatic carbocycles. The van der Waals surface area contributed by atoms with E-state index in [4.69, 9.17) is 23.4 Å². The van der Waals surface area contributed by atoms with Crippen LogP contribution in [0.4, 0.5) is 0 Å². The number of aromatic hydroxyl groups is 2. The van der Waals surface area contributed by atoms with E-state index in [0.29, 0.717) is 0 Å². The molecule has 0 saturated carbocycles. The van der Waals surface area contributed by atoms with E-state index >= 15 is 0 Å². The standard InChI is InChI=1S/C27H30O16/c28-6-14-18(33)20(35)22(37)26(41-14)40-10-3-1-9(2-4-10)11-8-39-25-16(17(11)32)12(30)5-13(31)24(25)43-27-23(38)21(36)19(34)15(7-29)42-27/h1-5,8,14-15,18-23,26-31,33-38H,6-7H2. The van der Waals surface area contributed by atoms with Crippen molar-refractivity contribution in [2.24, 2.45) is 0 Å². The quantitative estimate of drug-likeness (QED) is 0.130. The van der Waals surface area contributed by atoms with Crippen LogP contribution in [0.3, 0.4) is 0 Å². The summed E-state index contributed by atoms with van der Waals surface area (Å²) in [6.45, 7) is -1.38. The Labute approximate surface area is 241 Å². The van der Waals surface area contributed by atoms with Crippen molar-refractivity contribution in [1.29, 1.82) is 0 Å². The highest BCUT2D eigenvalue weighted by molar-refractivity contribution is 5.93. The number of rotatable bonds is 7. The van der Waals surface area contributed by atoms with Crippen molar-refractivity contribution in [1.82, 2.24) is 0 Å². The summed E-state index contributed by atoms with van der Waals surface area (Å²) in [5.41, 5.74) is -0.974. The zero-order chi connectivity index (χ0) is 31.2. The van der Waals surface area contributed by atoms with E-state index in [1.54, 1.807) is 0 Å². The monoisotopic (exact) mass is 610 g/mol. The van der Waals surface area contributed by atoms with Crippen LogP contribution in [0.2, 0.25) is 0 Å². The van der Waals surface area contributed by atoms with Gasteiger partial charge in [0.1, 0.15) is 72.0 Å². The van der Waals surface area contributed by atoms with Crippen LogP contribution in [-0.2, 0) is 9.47 Å². The summed E-state index contributed by atoms with van der Waals surface area (Å²) < 4.78 is 27.2. The average Bonchev–Trinajstić information content (AvgIpc) is 2.99. The van der Waals surface area contributed by atoms with Gasteiger partial charge in [0, 0.05) is 6.07 Å². The maximum absolute atomic E-state index is 13.4. The minimum atomic E-state index is -1.84. The minimum Gasteiger partial charge on any atom is -0.507 e. The molecule has 10 N–H and O–H groups in total. The Bertz CT molecular complexity index is 1490. The van der Waals surface area contributed by atoms with Gasteiger partial charge in [-0.15, -0.1) is 0 Å². The Morgan fingerprint density at radius 1 is 0.698 bits per heavy atom. The van der Waals surface area contributed by atoms with E-state index in [2.05, 4.69) is 0 Å². The van der Waals surface area contributed by atoms with Crippen molar-refractivity contribution >= 4 is 11.0 Å². The second kappa shape index (κ2) is 12.2. The van der Waals surface area contributed by atoms with Crippen LogP contribution >= 0.6 is 0 Å². The summed E-state index contributed by atoms with van der Waals surface area (Å²) >= 11 is 0. The average molecular weight is 611 g/mol. The molecule has 2 fully saturated rings. The van der Waals surface area contributed by atoms with Gasteiger partial charge < -0.3 is 74.4 Å². The number of hydrogen-bond acceptors (Lipinski definition) is 16. The molecule has 10 unspecified atom stereocenters. The Morgan fingerprint density at radius 2 is 1.23 bits per heavy atom. The Balaban J connectivity index is 1.42. The van der Waals surface area contributed by atoms with Gasteiger partial charge in [-0.25, -0.2) is 0 Å². The molecule has 0 amide bonds. The van der Waals surface area contributed by atoms with Gasteiger partial charge in [-0.3, -0.25) is 4.79 Å². The summed E-state index contributed by atoms with van der Waals surface area (Å²) in [5.74, 6) is -1.80. The molecule has 3 aromatic rings. The Morgan fingerprint density at radius 3 is 1.77 bits per heavy atom. The molecule has 234 valence electrons. The van der Waals surface area contributed by atoms with E-state index in [0.717, 1.165) is 12.3 Å². The summed E-state index contributed by atoms with van der Waals surface area (Å²) in [5, 5.41) is 99.7. The lowest BCUT2D eigenvalue weighted by Gasteiger charge is -2.39. The molecule has 2 saturated heterocycles. The van der Waals surface area contributed by atoms with Gasteiger partial charge in [-0.1, -0.05) is 12.1 Å². The second-order valence-corrected chi connectivity index (χ2v) is 10.1. The number of benzene rings is 2. The number of hydrogen-bond donors (Lipinski definition) is 10. The lowest BCUT2D eigenvalue weighted by molar-refractivity contribution is -0.277. The minimum absolute atomic E-state index is 0.0494. The van der Waals surface area contributed by atoms with Crippen LogP contribution in [0.5, 0.6) is 23.0 Å². The lowest BCUT2D eigenvalue weighted by Crippen LogP contribution is -2.60. The zero-order valence-electron chi connectivity index (χ0n) is 22.1. The summed E-state index contributed by atoms with van der Waals surface area (Å²) in [6.07, 6.45) is -14.8. The first-order valence-electron chi connectivity index (χ1n) is 13.0. The van der Waals surface area contributed by atoms with Gasteiger partial charge in [0.05, 0.1) is 18.8 Å². The SMILES string of the molecule is O=c1c(-c2ccc(OC3OC(CO)C(O)C(O)C3O)cc2)coc2c(OC3OC(CO)C(O)C(O)C3O)c(O)cc(O)c12. The van der Waals surface area contributed by atoms with E-state index in [9.17, 15) is 55.9 Å². The molecule has 16 heteroatoms. The molecule has 43 heavy (non-hydrogen) atoms. The van der Waals surface area contributed by atoms with Crippen molar-refractivity contribution in [2.45, 2.75) is 61.4 Å². The van der Waals surface area contributed by atoms with Gasteiger partial charge in [-0.05, 0) is 17.7 Å². The number of ether oxygens (including phenoxy) is 4. The summed E-state index contributed by atoms with van der Waals surface area (Å²) in [6, 6.07) is 6.44. The van der Waals surface area contributed by atoms with Gasteiger partial charge >= 0.3 is 0 Å². The fourth-order valence-electron chi connectivity index (χ4n) is 4.86. The second-order valence-electron chi connectivity index (χ2n) is 10.1. The van der Waals surface area contributed by atoms with Crippen LogP contribution in [0.25, 0.3) is 22.1 Å². The third-order valence-corrected chi connectivity index (χ3v) is 7.31. The van der Waals surface area contributed by atoms with Crippen molar-refractivity contribution in [3.8, 4) is 34.1 Å². The van der Waals surface area contributed by atoms with E-state index in [1.165, 1.54) is 24.3 Å². The maximum Gasteiger partial charge on any atom is 0.229 e. The first-order valence-corrected chi connectivity index (χ1v) is 13.0. The van der Waals surface area contributed by atoms with E-state index < -0.39 is 108 Å². The molecule has 2 aliphatic rings. The molecular formula is C27H30O16.